The molecule has 0 saturated carbocycles. The van der Waals surface area contributed by atoms with Crippen molar-refractivity contribution in [1.29, 1.82) is 0 Å². The number of carbonyl (C=O) groups excluding carboxylic acids is 1. The standard InChI is InChI=1S/C20H27N5OS/c26-19(15-27-14-16-6-4-9-21-12-16)24-10-5-7-17(13-24)20-23-22-18-8-2-1-3-11-25(18)20/h4,6,9,12,17H,1-3,5,7-8,10-11,13-15H2. The van der Waals surface area contributed by atoms with Gasteiger partial charge in [-0.05, 0) is 37.3 Å². The summed E-state index contributed by atoms with van der Waals surface area (Å²) >= 11 is 1.67. The minimum Gasteiger partial charge on any atom is -0.341 e. The highest BCUT2D eigenvalue weighted by atomic mass is 32.2. The molecule has 0 aromatic carbocycles. The fourth-order valence-electron chi connectivity index (χ4n) is 4.05. The van der Waals surface area contributed by atoms with Gasteiger partial charge in [0.1, 0.15) is 11.6 Å². The van der Waals surface area contributed by atoms with Crippen molar-refractivity contribution in [3.05, 3.63) is 41.7 Å². The minimum absolute atomic E-state index is 0.240. The average molecular weight is 386 g/mol. The molecule has 2 aromatic rings. The SMILES string of the molecule is O=C(CSCc1cccnc1)N1CCCC(c2nnc3n2CCCCC3)C1. The summed E-state index contributed by atoms with van der Waals surface area (Å²) in [5.41, 5.74) is 1.16. The molecule has 2 aliphatic heterocycles. The van der Waals surface area contributed by atoms with Gasteiger partial charge in [-0.3, -0.25) is 9.78 Å². The fourth-order valence-corrected chi connectivity index (χ4v) is 4.92. The van der Waals surface area contributed by atoms with Crippen molar-refractivity contribution in [2.24, 2.45) is 0 Å². The van der Waals surface area contributed by atoms with Gasteiger partial charge in [0.2, 0.25) is 5.91 Å². The van der Waals surface area contributed by atoms with Crippen molar-refractivity contribution in [3.63, 3.8) is 0 Å². The van der Waals surface area contributed by atoms with E-state index < -0.39 is 0 Å². The zero-order valence-corrected chi connectivity index (χ0v) is 16.5. The van der Waals surface area contributed by atoms with Crippen LogP contribution >= 0.6 is 11.8 Å². The van der Waals surface area contributed by atoms with E-state index in [9.17, 15) is 4.79 Å². The maximum Gasteiger partial charge on any atom is 0.232 e. The molecule has 0 aliphatic carbocycles. The Labute approximate surface area is 164 Å². The van der Waals surface area contributed by atoms with Gasteiger partial charge >= 0.3 is 0 Å². The first-order valence-electron chi connectivity index (χ1n) is 9.97. The third-order valence-electron chi connectivity index (χ3n) is 5.49. The van der Waals surface area contributed by atoms with Crippen LogP contribution in [0.1, 0.15) is 55.2 Å². The Hall–Kier alpha value is -1.89. The maximum atomic E-state index is 12.7. The van der Waals surface area contributed by atoms with Crippen LogP contribution in [0.3, 0.4) is 0 Å². The molecule has 0 radical (unpaired) electrons. The summed E-state index contributed by atoms with van der Waals surface area (Å²) < 4.78 is 2.34. The number of carbonyl (C=O) groups is 1. The van der Waals surface area contributed by atoms with E-state index in [1.165, 1.54) is 19.3 Å². The summed E-state index contributed by atoms with van der Waals surface area (Å²) in [5, 5.41) is 8.97. The fraction of sp³-hybridized carbons (Fsp3) is 0.600. The molecule has 27 heavy (non-hydrogen) atoms. The molecule has 7 heteroatoms. The van der Waals surface area contributed by atoms with Crippen LogP contribution in [0, 0.1) is 0 Å². The lowest BCUT2D eigenvalue weighted by atomic mass is 9.97. The van der Waals surface area contributed by atoms with Crippen molar-refractivity contribution >= 4 is 17.7 Å². The maximum absolute atomic E-state index is 12.7. The van der Waals surface area contributed by atoms with Crippen molar-refractivity contribution < 1.29 is 4.79 Å². The largest absolute Gasteiger partial charge is 0.341 e. The number of aromatic nitrogens is 4. The minimum atomic E-state index is 0.240. The first kappa shape index (κ1) is 18.5. The molecule has 0 spiro atoms. The van der Waals surface area contributed by atoms with Crippen molar-refractivity contribution in [2.45, 2.75) is 56.7 Å². The predicted octanol–water partition coefficient (Wildman–Crippen LogP) is 3.04. The number of amides is 1. The van der Waals surface area contributed by atoms with E-state index >= 15 is 0 Å². The molecular formula is C20H27N5OS. The van der Waals surface area contributed by atoms with Gasteiger partial charge in [-0.15, -0.1) is 22.0 Å². The summed E-state index contributed by atoms with van der Waals surface area (Å²) in [6.07, 6.45) is 10.5. The van der Waals surface area contributed by atoms with Gasteiger partial charge in [0.25, 0.3) is 0 Å². The Morgan fingerprint density at radius 3 is 3.04 bits per heavy atom. The van der Waals surface area contributed by atoms with Gasteiger partial charge in [0.05, 0.1) is 5.75 Å². The first-order chi connectivity index (χ1) is 13.3. The molecule has 0 N–H and O–H groups in total. The second kappa shape index (κ2) is 8.87. The molecule has 144 valence electrons. The van der Waals surface area contributed by atoms with Gasteiger partial charge in [-0.25, -0.2) is 0 Å². The molecule has 0 bridgehead atoms. The van der Waals surface area contributed by atoms with Crippen LogP contribution in [0.25, 0.3) is 0 Å². The Balaban J connectivity index is 1.34. The molecule has 2 aliphatic rings. The van der Waals surface area contributed by atoms with Gasteiger partial charge in [-0.2, -0.15) is 0 Å². The molecule has 4 rings (SSSR count). The van der Waals surface area contributed by atoms with Crippen molar-refractivity contribution in [1.82, 2.24) is 24.6 Å². The van der Waals surface area contributed by atoms with E-state index in [1.807, 2.05) is 17.2 Å². The van der Waals surface area contributed by atoms with Crippen LogP contribution < -0.4 is 0 Å². The highest BCUT2D eigenvalue weighted by molar-refractivity contribution is 7.99. The van der Waals surface area contributed by atoms with Crippen LogP contribution in [0.2, 0.25) is 0 Å². The first-order valence-corrected chi connectivity index (χ1v) is 11.1. The molecule has 1 unspecified atom stereocenters. The van der Waals surface area contributed by atoms with Crippen molar-refractivity contribution in [3.8, 4) is 0 Å². The van der Waals surface area contributed by atoms with E-state index in [2.05, 4.69) is 25.8 Å². The molecule has 1 atom stereocenters. The molecule has 4 heterocycles. The molecule has 2 aromatic heterocycles. The number of rotatable bonds is 5. The van der Waals surface area contributed by atoms with Gasteiger partial charge < -0.3 is 9.47 Å². The van der Waals surface area contributed by atoms with Crippen LogP contribution in [0.4, 0.5) is 0 Å². The lowest BCUT2D eigenvalue weighted by Gasteiger charge is -2.32. The molecule has 1 fully saturated rings. The monoisotopic (exact) mass is 385 g/mol. The topological polar surface area (TPSA) is 63.9 Å². The number of thioether (sulfide) groups is 1. The Kier molecular flexibility index (Phi) is 6.07. The van der Waals surface area contributed by atoms with E-state index in [-0.39, 0.29) is 5.91 Å². The van der Waals surface area contributed by atoms with Crippen LogP contribution in [0.5, 0.6) is 0 Å². The van der Waals surface area contributed by atoms with E-state index in [1.54, 1.807) is 18.0 Å². The Morgan fingerprint density at radius 1 is 1.19 bits per heavy atom. The molecular weight excluding hydrogens is 358 g/mol. The van der Waals surface area contributed by atoms with Gasteiger partial charge in [0, 0.05) is 50.1 Å². The highest BCUT2D eigenvalue weighted by Gasteiger charge is 2.29. The Morgan fingerprint density at radius 2 is 2.15 bits per heavy atom. The second-order valence-electron chi connectivity index (χ2n) is 7.47. The summed E-state index contributed by atoms with van der Waals surface area (Å²) in [5.74, 6) is 4.16. The third kappa shape index (κ3) is 4.51. The van der Waals surface area contributed by atoms with Crippen LogP contribution in [0.15, 0.2) is 24.5 Å². The molecule has 1 amide bonds. The Bertz CT molecular complexity index is 763. The summed E-state index contributed by atoms with van der Waals surface area (Å²) in [4.78, 5) is 18.9. The number of aryl methyl sites for hydroxylation is 1. The van der Waals surface area contributed by atoms with Crippen molar-refractivity contribution in [2.75, 3.05) is 18.8 Å². The van der Waals surface area contributed by atoms with E-state index in [0.717, 1.165) is 61.9 Å². The smallest absolute Gasteiger partial charge is 0.232 e. The second-order valence-corrected chi connectivity index (χ2v) is 8.46. The normalized spacial score (nSPS) is 20.1. The zero-order valence-electron chi connectivity index (χ0n) is 15.7. The summed E-state index contributed by atoms with van der Waals surface area (Å²) in [6, 6.07) is 3.99. The predicted molar refractivity (Wildman–Crippen MR) is 107 cm³/mol. The number of fused-ring (bicyclic) bond motifs is 1. The van der Waals surface area contributed by atoms with Gasteiger partial charge in [-0.1, -0.05) is 12.5 Å². The number of hydrogen-bond acceptors (Lipinski definition) is 5. The number of piperidine rings is 1. The summed E-state index contributed by atoms with van der Waals surface area (Å²) in [6.45, 7) is 2.68. The molecule has 6 nitrogen and oxygen atoms in total. The highest BCUT2D eigenvalue weighted by Crippen LogP contribution is 2.28. The van der Waals surface area contributed by atoms with Crippen LogP contribution in [-0.4, -0.2) is 49.4 Å². The zero-order chi connectivity index (χ0) is 18.5. The third-order valence-corrected chi connectivity index (χ3v) is 6.48. The lowest BCUT2D eigenvalue weighted by Crippen LogP contribution is -2.40. The van der Waals surface area contributed by atoms with Crippen LogP contribution in [-0.2, 0) is 23.5 Å². The molecule has 1 saturated heterocycles. The lowest BCUT2D eigenvalue weighted by molar-refractivity contribution is -0.129. The number of pyridine rings is 1. The number of likely N-dealkylation sites (tertiary alicyclic amines) is 1. The quantitative estimate of drug-likeness (QED) is 0.792. The van der Waals surface area contributed by atoms with Gasteiger partial charge in [0.15, 0.2) is 0 Å². The number of nitrogens with zero attached hydrogens (tertiary/aromatic N) is 5. The summed E-state index contributed by atoms with van der Waals surface area (Å²) in [7, 11) is 0. The number of hydrogen-bond donors (Lipinski definition) is 0. The average Bonchev–Trinajstić information content (AvgIpc) is 2.97. The van der Waals surface area contributed by atoms with E-state index in [4.69, 9.17) is 0 Å². The van der Waals surface area contributed by atoms with E-state index in [0.29, 0.717) is 11.7 Å².